The van der Waals surface area contributed by atoms with Crippen LogP contribution in [-0.4, -0.2) is 26.0 Å². The summed E-state index contributed by atoms with van der Waals surface area (Å²) in [6, 6.07) is 2.46. The minimum absolute atomic E-state index is 0.354. The first-order chi connectivity index (χ1) is 8.17. The lowest BCUT2D eigenvalue weighted by Gasteiger charge is -2.38. The van der Waals surface area contributed by atoms with Gasteiger partial charge < -0.3 is 10.4 Å². The summed E-state index contributed by atoms with van der Waals surface area (Å²) in [5, 5.41) is 18.0. The van der Waals surface area contributed by atoms with Gasteiger partial charge in [0.25, 0.3) is 0 Å². The monoisotopic (exact) mass is 253 g/mol. The molecule has 1 heterocycles. The highest BCUT2D eigenvalue weighted by molar-refractivity contribution is 5.02. The molecule has 0 saturated carbocycles. The van der Waals surface area contributed by atoms with E-state index in [4.69, 9.17) is 0 Å². The number of hydrogen-bond donors (Lipinski definition) is 2. The summed E-state index contributed by atoms with van der Waals surface area (Å²) in [5.41, 5.74) is -0.119. The van der Waals surface area contributed by atoms with E-state index >= 15 is 0 Å². The van der Waals surface area contributed by atoms with E-state index in [0.29, 0.717) is 12.6 Å². The number of rotatable bonds is 6. The van der Waals surface area contributed by atoms with Crippen molar-refractivity contribution in [1.82, 2.24) is 15.1 Å². The third kappa shape index (κ3) is 3.56. The number of nitrogens with one attached hydrogen (secondary N) is 1. The van der Waals surface area contributed by atoms with Crippen molar-refractivity contribution in [3.05, 3.63) is 18.0 Å². The van der Waals surface area contributed by atoms with Crippen LogP contribution in [0.3, 0.4) is 0 Å². The summed E-state index contributed by atoms with van der Waals surface area (Å²) in [7, 11) is 0. The normalized spacial score (nSPS) is 14.8. The Labute approximate surface area is 110 Å². The molecule has 1 aromatic rings. The van der Waals surface area contributed by atoms with Crippen LogP contribution < -0.4 is 5.32 Å². The van der Waals surface area contributed by atoms with Crippen molar-refractivity contribution in [3.63, 3.8) is 0 Å². The maximum absolute atomic E-state index is 10.1. The molecule has 0 bridgehead atoms. The van der Waals surface area contributed by atoms with E-state index in [1.54, 1.807) is 0 Å². The lowest BCUT2D eigenvalue weighted by molar-refractivity contribution is -0.00548. The van der Waals surface area contributed by atoms with Crippen LogP contribution in [0.15, 0.2) is 12.3 Å². The molecule has 1 unspecified atom stereocenters. The van der Waals surface area contributed by atoms with E-state index in [1.807, 2.05) is 44.6 Å². The highest BCUT2D eigenvalue weighted by atomic mass is 16.3. The standard InChI is InChI=1S/C14H27N3O/c1-7-11(2)17-9-8-12(16-17)10-15-13(3,4)14(5,6)18/h8-9,11,15,18H,7,10H2,1-6H3. The molecule has 0 fully saturated rings. The minimum atomic E-state index is -0.772. The smallest absolute Gasteiger partial charge is 0.0767 e. The van der Waals surface area contributed by atoms with Crippen LogP contribution in [0, 0.1) is 0 Å². The molecule has 2 N–H and O–H groups in total. The molecule has 0 aliphatic carbocycles. The highest BCUT2D eigenvalue weighted by Gasteiger charge is 2.34. The van der Waals surface area contributed by atoms with Gasteiger partial charge in [-0.25, -0.2) is 0 Å². The van der Waals surface area contributed by atoms with Crippen LogP contribution in [0.5, 0.6) is 0 Å². The van der Waals surface area contributed by atoms with Gasteiger partial charge in [-0.05, 0) is 47.1 Å². The van der Waals surface area contributed by atoms with E-state index in [-0.39, 0.29) is 5.54 Å². The predicted octanol–water partition coefficient (Wildman–Crippen LogP) is 2.49. The molecular weight excluding hydrogens is 226 g/mol. The maximum atomic E-state index is 10.1. The molecule has 0 aromatic carbocycles. The first kappa shape index (κ1) is 15.2. The summed E-state index contributed by atoms with van der Waals surface area (Å²) in [6.45, 7) is 12.6. The molecule has 1 aromatic heterocycles. The molecule has 4 heteroatoms. The average Bonchev–Trinajstić information content (AvgIpc) is 2.72. The van der Waals surface area contributed by atoms with Crippen molar-refractivity contribution < 1.29 is 5.11 Å². The van der Waals surface area contributed by atoms with Crippen LogP contribution in [0.2, 0.25) is 0 Å². The Kier molecular flexibility index (Phi) is 4.56. The van der Waals surface area contributed by atoms with E-state index in [1.165, 1.54) is 0 Å². The summed E-state index contributed by atoms with van der Waals surface area (Å²) < 4.78 is 1.99. The van der Waals surface area contributed by atoms with Crippen LogP contribution in [0.25, 0.3) is 0 Å². The number of aliphatic hydroxyl groups is 1. The van der Waals surface area contributed by atoms with Gasteiger partial charge in [0.05, 0.1) is 11.3 Å². The lowest BCUT2D eigenvalue weighted by Crippen LogP contribution is -2.55. The van der Waals surface area contributed by atoms with Gasteiger partial charge in [0.15, 0.2) is 0 Å². The van der Waals surface area contributed by atoms with Gasteiger partial charge >= 0.3 is 0 Å². The van der Waals surface area contributed by atoms with E-state index < -0.39 is 5.60 Å². The Hall–Kier alpha value is -0.870. The lowest BCUT2D eigenvalue weighted by atomic mass is 9.86. The van der Waals surface area contributed by atoms with Crippen molar-refractivity contribution >= 4 is 0 Å². The van der Waals surface area contributed by atoms with Gasteiger partial charge in [-0.1, -0.05) is 6.92 Å². The second-order valence-corrected chi connectivity index (χ2v) is 6.08. The maximum Gasteiger partial charge on any atom is 0.0767 e. The van der Waals surface area contributed by atoms with Crippen LogP contribution >= 0.6 is 0 Å². The minimum Gasteiger partial charge on any atom is -0.389 e. The van der Waals surface area contributed by atoms with Crippen molar-refractivity contribution in [2.75, 3.05) is 0 Å². The van der Waals surface area contributed by atoms with Gasteiger partial charge in [-0.3, -0.25) is 4.68 Å². The first-order valence-electron chi connectivity index (χ1n) is 6.69. The van der Waals surface area contributed by atoms with Crippen LogP contribution in [0.1, 0.15) is 59.7 Å². The highest BCUT2D eigenvalue weighted by Crippen LogP contribution is 2.21. The molecule has 1 rings (SSSR count). The summed E-state index contributed by atoms with van der Waals surface area (Å²) in [5.74, 6) is 0. The number of aromatic nitrogens is 2. The summed E-state index contributed by atoms with van der Waals surface area (Å²) in [6.07, 6.45) is 3.09. The van der Waals surface area contributed by atoms with E-state index in [9.17, 15) is 5.11 Å². The zero-order valence-corrected chi connectivity index (χ0v) is 12.5. The fourth-order valence-corrected chi connectivity index (χ4v) is 1.43. The van der Waals surface area contributed by atoms with Crippen LogP contribution in [-0.2, 0) is 6.54 Å². The zero-order valence-electron chi connectivity index (χ0n) is 12.5. The quantitative estimate of drug-likeness (QED) is 0.819. The molecule has 0 saturated heterocycles. The third-order valence-corrected chi connectivity index (χ3v) is 3.95. The molecule has 0 aliphatic heterocycles. The molecule has 4 nitrogen and oxygen atoms in total. The fraction of sp³-hybridized carbons (Fsp3) is 0.786. The van der Waals surface area contributed by atoms with E-state index in [2.05, 4.69) is 24.3 Å². The Balaban J connectivity index is 2.62. The molecule has 1 atom stereocenters. The second kappa shape index (κ2) is 5.41. The van der Waals surface area contributed by atoms with Crippen molar-refractivity contribution in [3.8, 4) is 0 Å². The van der Waals surface area contributed by atoms with Crippen molar-refractivity contribution in [2.45, 2.75) is 71.7 Å². The number of hydrogen-bond acceptors (Lipinski definition) is 3. The third-order valence-electron chi connectivity index (χ3n) is 3.95. The van der Waals surface area contributed by atoms with E-state index in [0.717, 1.165) is 12.1 Å². The largest absolute Gasteiger partial charge is 0.389 e. The molecule has 0 radical (unpaired) electrons. The summed E-state index contributed by atoms with van der Waals surface area (Å²) >= 11 is 0. The Morgan fingerprint density at radius 2 is 2.00 bits per heavy atom. The van der Waals surface area contributed by atoms with Crippen molar-refractivity contribution in [2.24, 2.45) is 0 Å². The summed E-state index contributed by atoms with van der Waals surface area (Å²) in [4.78, 5) is 0. The molecule has 0 spiro atoms. The second-order valence-electron chi connectivity index (χ2n) is 6.08. The van der Waals surface area contributed by atoms with Gasteiger partial charge in [0.2, 0.25) is 0 Å². The SMILES string of the molecule is CCC(C)n1ccc(CNC(C)(C)C(C)(C)O)n1. The Morgan fingerprint density at radius 3 is 2.50 bits per heavy atom. The van der Waals surface area contributed by atoms with Crippen LogP contribution in [0.4, 0.5) is 0 Å². The first-order valence-corrected chi connectivity index (χ1v) is 6.69. The average molecular weight is 253 g/mol. The molecular formula is C14H27N3O. The topological polar surface area (TPSA) is 50.1 Å². The molecule has 0 aliphatic rings. The fourth-order valence-electron chi connectivity index (χ4n) is 1.43. The van der Waals surface area contributed by atoms with Gasteiger partial charge in [0.1, 0.15) is 0 Å². The predicted molar refractivity (Wildman–Crippen MR) is 74.4 cm³/mol. The molecule has 18 heavy (non-hydrogen) atoms. The molecule has 104 valence electrons. The van der Waals surface area contributed by atoms with Crippen molar-refractivity contribution in [1.29, 1.82) is 0 Å². The number of nitrogens with zero attached hydrogens (tertiary/aromatic N) is 2. The Morgan fingerprint density at radius 1 is 1.39 bits per heavy atom. The molecule has 0 amide bonds. The van der Waals surface area contributed by atoms with Gasteiger partial charge in [0, 0.05) is 24.3 Å². The Bertz CT molecular complexity index is 377. The van der Waals surface area contributed by atoms with Gasteiger partial charge in [-0.15, -0.1) is 0 Å². The zero-order chi connectivity index (χ0) is 14.0. The van der Waals surface area contributed by atoms with Gasteiger partial charge in [-0.2, -0.15) is 5.10 Å².